The summed E-state index contributed by atoms with van der Waals surface area (Å²) in [7, 11) is 0. The molecule has 2 aliphatic rings. The zero-order valence-electron chi connectivity index (χ0n) is 14.2. The normalized spacial score (nSPS) is 22.3. The van der Waals surface area contributed by atoms with E-state index in [0.717, 1.165) is 35.7 Å². The number of hydrogen-bond acceptors (Lipinski definition) is 3. The maximum atomic E-state index is 9.96. The smallest absolute Gasteiger partial charge is 0.169 e. The lowest BCUT2D eigenvalue weighted by atomic mass is 9.96. The van der Waals surface area contributed by atoms with Crippen LogP contribution < -0.4 is 5.32 Å². The van der Waals surface area contributed by atoms with Crippen molar-refractivity contribution in [3.05, 3.63) is 47.1 Å². The number of phenolic OH excluding ortho intramolecular Hbond substituents is 2. The predicted octanol–water partition coefficient (Wildman–Crippen LogP) is 3.62. The van der Waals surface area contributed by atoms with Crippen LogP contribution in [-0.2, 0) is 13.0 Å². The van der Waals surface area contributed by atoms with Crippen molar-refractivity contribution in [2.24, 2.45) is 5.92 Å². The van der Waals surface area contributed by atoms with Crippen molar-refractivity contribution in [1.29, 1.82) is 0 Å². The molecule has 6 heteroatoms. The highest BCUT2D eigenvalue weighted by atomic mass is 79.9. The maximum Gasteiger partial charge on any atom is 0.169 e. The minimum atomic E-state index is -0.0540. The Bertz CT molecular complexity index is 732. The third-order valence-electron chi connectivity index (χ3n) is 4.80. The molecule has 3 N–H and O–H groups in total. The summed E-state index contributed by atoms with van der Waals surface area (Å²) in [6, 6.07) is 3.39. The Kier molecular flexibility index (Phi) is 5.69. The zero-order valence-corrected chi connectivity index (χ0v) is 16.6. The number of fused-ring (bicyclic) bond motifs is 1. The van der Waals surface area contributed by atoms with Crippen molar-refractivity contribution < 1.29 is 10.2 Å². The number of allylic oxidation sites excluding steroid dienone is 3. The summed E-state index contributed by atoms with van der Waals surface area (Å²) < 4.78 is 0. The third-order valence-corrected chi connectivity index (χ3v) is 6.34. The molecule has 0 saturated heterocycles. The molecular formula is C19H23BrN2O2S. The van der Waals surface area contributed by atoms with Gasteiger partial charge in [0, 0.05) is 30.0 Å². The van der Waals surface area contributed by atoms with Crippen LogP contribution in [0.1, 0.15) is 24.5 Å². The van der Waals surface area contributed by atoms with Crippen molar-refractivity contribution in [3.63, 3.8) is 0 Å². The average Bonchev–Trinajstić information content (AvgIpc) is 2.61. The summed E-state index contributed by atoms with van der Waals surface area (Å²) in [6.07, 6.45) is 8.30. The summed E-state index contributed by atoms with van der Waals surface area (Å²) in [5, 5.41) is 23.7. The van der Waals surface area contributed by atoms with Gasteiger partial charge >= 0.3 is 0 Å². The van der Waals surface area contributed by atoms with Crippen LogP contribution >= 0.6 is 28.1 Å². The lowest BCUT2D eigenvalue weighted by Gasteiger charge is -2.31. The van der Waals surface area contributed by atoms with Crippen molar-refractivity contribution in [2.45, 2.75) is 31.1 Å². The number of phenols is 2. The van der Waals surface area contributed by atoms with Crippen molar-refractivity contribution in [2.75, 3.05) is 13.1 Å². The van der Waals surface area contributed by atoms with E-state index in [9.17, 15) is 10.2 Å². The van der Waals surface area contributed by atoms with Crippen LogP contribution in [0.4, 0.5) is 0 Å². The molecule has 1 aliphatic carbocycles. The summed E-state index contributed by atoms with van der Waals surface area (Å²) in [4.78, 5) is 2.53. The average molecular weight is 423 g/mol. The minimum absolute atomic E-state index is 0.00580. The van der Waals surface area contributed by atoms with Crippen LogP contribution in [0.3, 0.4) is 0 Å². The molecule has 0 spiro atoms. The Balaban J connectivity index is 1.52. The largest absolute Gasteiger partial charge is 0.504 e. The number of thiocarbonyl (C=S) groups is 1. The number of nitrogens with zero attached hydrogens (tertiary/aromatic N) is 1. The number of nitrogens with one attached hydrogen (secondary N) is 1. The molecule has 2 atom stereocenters. The number of hydrogen-bond donors (Lipinski definition) is 3. The lowest BCUT2D eigenvalue weighted by Crippen LogP contribution is -2.42. The fourth-order valence-corrected chi connectivity index (χ4v) is 3.83. The van der Waals surface area contributed by atoms with Gasteiger partial charge < -0.3 is 20.4 Å². The number of alkyl halides is 1. The van der Waals surface area contributed by atoms with Gasteiger partial charge in [-0.25, -0.2) is 0 Å². The highest BCUT2D eigenvalue weighted by Gasteiger charge is 2.22. The summed E-state index contributed by atoms with van der Waals surface area (Å²) in [6.45, 7) is 4.40. The molecule has 25 heavy (non-hydrogen) atoms. The SMILES string of the molecule is CC1C=C(CCNC(=S)N2CCc3c(ccc(O)c3O)C2)C=CC1Br. The summed E-state index contributed by atoms with van der Waals surface area (Å²) in [5.41, 5.74) is 3.18. The van der Waals surface area contributed by atoms with Gasteiger partial charge in [0.25, 0.3) is 0 Å². The van der Waals surface area contributed by atoms with E-state index in [1.165, 1.54) is 11.6 Å². The van der Waals surface area contributed by atoms with Crippen molar-refractivity contribution in [1.82, 2.24) is 10.2 Å². The van der Waals surface area contributed by atoms with E-state index in [0.29, 0.717) is 23.7 Å². The van der Waals surface area contributed by atoms with Gasteiger partial charge in [-0.2, -0.15) is 0 Å². The molecule has 0 radical (unpaired) electrons. The first-order valence-electron chi connectivity index (χ1n) is 8.54. The van der Waals surface area contributed by atoms with Gasteiger partial charge in [0.1, 0.15) is 0 Å². The predicted molar refractivity (Wildman–Crippen MR) is 108 cm³/mol. The fraction of sp³-hybridized carbons (Fsp3) is 0.421. The molecule has 2 unspecified atom stereocenters. The Hall–Kier alpha value is -1.53. The Morgan fingerprint density at radius 3 is 2.96 bits per heavy atom. The van der Waals surface area contributed by atoms with E-state index in [2.05, 4.69) is 51.3 Å². The Labute approximate surface area is 162 Å². The molecule has 1 aliphatic heterocycles. The monoisotopic (exact) mass is 422 g/mol. The Morgan fingerprint density at radius 2 is 2.20 bits per heavy atom. The molecule has 0 bridgehead atoms. The van der Waals surface area contributed by atoms with E-state index >= 15 is 0 Å². The van der Waals surface area contributed by atoms with Crippen molar-refractivity contribution in [3.8, 4) is 11.5 Å². The van der Waals surface area contributed by atoms with Gasteiger partial charge in [-0.15, -0.1) is 0 Å². The molecule has 3 rings (SSSR count). The molecular weight excluding hydrogens is 400 g/mol. The number of halogens is 1. The van der Waals surface area contributed by atoms with Gasteiger partial charge in [-0.1, -0.05) is 52.7 Å². The zero-order chi connectivity index (χ0) is 18.0. The van der Waals surface area contributed by atoms with Crippen LogP contribution in [0.15, 0.2) is 35.9 Å². The molecule has 0 saturated carbocycles. The topological polar surface area (TPSA) is 55.7 Å². The van der Waals surface area contributed by atoms with E-state index < -0.39 is 0 Å². The van der Waals surface area contributed by atoms with Crippen LogP contribution in [0.25, 0.3) is 0 Å². The molecule has 1 aromatic carbocycles. The second kappa shape index (κ2) is 7.79. The molecule has 0 aromatic heterocycles. The molecule has 1 heterocycles. The number of rotatable bonds is 3. The second-order valence-corrected chi connectivity index (χ2v) is 8.07. The van der Waals surface area contributed by atoms with Gasteiger partial charge in [0.2, 0.25) is 0 Å². The van der Waals surface area contributed by atoms with Crippen LogP contribution in [0.5, 0.6) is 11.5 Å². The Morgan fingerprint density at radius 1 is 1.40 bits per heavy atom. The van der Waals surface area contributed by atoms with Crippen molar-refractivity contribution >= 4 is 33.3 Å². The molecule has 4 nitrogen and oxygen atoms in total. The van der Waals surface area contributed by atoms with E-state index in [4.69, 9.17) is 12.2 Å². The van der Waals surface area contributed by atoms with Gasteiger partial charge in [-0.3, -0.25) is 0 Å². The number of benzene rings is 1. The molecule has 1 aromatic rings. The highest BCUT2D eigenvalue weighted by Crippen LogP contribution is 2.34. The van der Waals surface area contributed by atoms with Gasteiger partial charge in [0.15, 0.2) is 16.6 Å². The van der Waals surface area contributed by atoms with Crippen LogP contribution in [-0.4, -0.2) is 38.1 Å². The molecule has 0 amide bonds. The third kappa shape index (κ3) is 4.18. The van der Waals surface area contributed by atoms with E-state index in [1.54, 1.807) is 0 Å². The van der Waals surface area contributed by atoms with E-state index in [-0.39, 0.29) is 11.5 Å². The second-order valence-electron chi connectivity index (χ2n) is 6.63. The minimum Gasteiger partial charge on any atom is -0.504 e. The lowest BCUT2D eigenvalue weighted by molar-refractivity contribution is 0.363. The van der Waals surface area contributed by atoms with Crippen LogP contribution in [0.2, 0.25) is 0 Å². The number of aromatic hydroxyl groups is 2. The van der Waals surface area contributed by atoms with Gasteiger partial charge in [0.05, 0.1) is 0 Å². The molecule has 0 fully saturated rings. The molecule has 134 valence electrons. The van der Waals surface area contributed by atoms with Gasteiger partial charge in [-0.05, 0) is 42.6 Å². The summed E-state index contributed by atoms with van der Waals surface area (Å²) >= 11 is 9.17. The first kappa shape index (κ1) is 18.3. The van der Waals surface area contributed by atoms with E-state index in [1.807, 2.05) is 6.07 Å². The quantitative estimate of drug-likeness (QED) is 0.394. The highest BCUT2D eigenvalue weighted by molar-refractivity contribution is 9.09. The van der Waals surface area contributed by atoms with Crippen LogP contribution in [0, 0.1) is 5.92 Å². The first-order chi connectivity index (χ1) is 12.0. The standard InChI is InChI=1S/C19H23BrN2O2S/c1-12-10-13(2-4-16(12)20)6-8-21-19(25)22-9-7-15-14(11-22)3-5-17(23)18(15)24/h2-5,10,12,16,23-24H,6-9,11H2,1H3,(H,21,25). The summed E-state index contributed by atoms with van der Waals surface area (Å²) in [5.74, 6) is 0.461. The fourth-order valence-electron chi connectivity index (χ4n) is 3.27. The first-order valence-corrected chi connectivity index (χ1v) is 9.86. The maximum absolute atomic E-state index is 9.96.